The molecule has 2 aromatic heterocycles. The van der Waals surface area contributed by atoms with Gasteiger partial charge in [-0.3, -0.25) is 4.57 Å². The molecule has 0 saturated heterocycles. The zero-order valence-corrected chi connectivity index (χ0v) is 13.0. The van der Waals surface area contributed by atoms with E-state index in [4.69, 9.17) is 5.73 Å². The Labute approximate surface area is 126 Å². The Morgan fingerprint density at radius 3 is 2.79 bits per heavy atom. The summed E-state index contributed by atoms with van der Waals surface area (Å²) in [7, 11) is 0. The van der Waals surface area contributed by atoms with E-state index in [9.17, 15) is 0 Å². The Balaban J connectivity index is 2.10. The molecule has 3 rings (SSSR count). The summed E-state index contributed by atoms with van der Waals surface area (Å²) in [6.45, 7) is 0.637. The molecule has 0 radical (unpaired) electrons. The molecule has 96 valence electrons. The average molecular weight is 382 g/mol. The summed E-state index contributed by atoms with van der Waals surface area (Å²) >= 11 is 6.92. The molecule has 3 aromatic rings. The van der Waals surface area contributed by atoms with Crippen LogP contribution in [-0.4, -0.2) is 14.5 Å². The number of imidazole rings is 1. The lowest BCUT2D eigenvalue weighted by molar-refractivity contribution is 0.824. The quantitative estimate of drug-likeness (QED) is 0.737. The van der Waals surface area contributed by atoms with Gasteiger partial charge in [0.1, 0.15) is 5.52 Å². The summed E-state index contributed by atoms with van der Waals surface area (Å²) in [6.07, 6.45) is 1.75. The Bertz CT molecular complexity index is 751. The van der Waals surface area contributed by atoms with Crippen molar-refractivity contribution in [3.8, 4) is 0 Å². The van der Waals surface area contributed by atoms with E-state index >= 15 is 0 Å². The second kappa shape index (κ2) is 4.94. The van der Waals surface area contributed by atoms with Crippen LogP contribution in [0.1, 0.15) is 5.56 Å². The maximum absolute atomic E-state index is 5.98. The lowest BCUT2D eigenvalue weighted by Gasteiger charge is -2.07. The maximum Gasteiger partial charge on any atom is 0.202 e. The second-order valence-corrected chi connectivity index (χ2v) is 5.91. The maximum atomic E-state index is 5.98. The minimum atomic E-state index is 0.469. The van der Waals surface area contributed by atoms with Crippen molar-refractivity contribution in [3.05, 3.63) is 51.0 Å². The van der Waals surface area contributed by atoms with Crippen LogP contribution in [0, 0.1) is 0 Å². The molecule has 0 aliphatic carbocycles. The average Bonchev–Trinajstić information content (AvgIpc) is 2.68. The van der Waals surface area contributed by atoms with Gasteiger partial charge >= 0.3 is 0 Å². The van der Waals surface area contributed by atoms with Crippen LogP contribution in [0.15, 0.2) is 45.5 Å². The first-order valence-electron chi connectivity index (χ1n) is 5.66. The van der Waals surface area contributed by atoms with Crippen LogP contribution in [0.5, 0.6) is 0 Å². The predicted molar refractivity (Wildman–Crippen MR) is 82.9 cm³/mol. The van der Waals surface area contributed by atoms with Crippen molar-refractivity contribution in [2.75, 3.05) is 5.73 Å². The van der Waals surface area contributed by atoms with Gasteiger partial charge in [-0.15, -0.1) is 0 Å². The molecule has 1 aromatic carbocycles. The SMILES string of the molecule is Nc1nc2cc(Br)cnc2n1Cc1ccccc1Br. The number of fused-ring (bicyclic) bond motifs is 1. The van der Waals surface area contributed by atoms with Crippen LogP contribution in [-0.2, 0) is 6.54 Å². The van der Waals surface area contributed by atoms with E-state index in [1.54, 1.807) is 6.20 Å². The first-order chi connectivity index (χ1) is 9.15. The topological polar surface area (TPSA) is 56.7 Å². The van der Waals surface area contributed by atoms with Gasteiger partial charge in [-0.25, -0.2) is 9.97 Å². The van der Waals surface area contributed by atoms with Gasteiger partial charge < -0.3 is 5.73 Å². The number of hydrogen-bond donors (Lipinski definition) is 1. The Kier molecular flexibility index (Phi) is 3.28. The summed E-state index contributed by atoms with van der Waals surface area (Å²) < 4.78 is 3.85. The Morgan fingerprint density at radius 2 is 2.00 bits per heavy atom. The van der Waals surface area contributed by atoms with Gasteiger partial charge in [0, 0.05) is 15.1 Å². The number of anilines is 1. The summed E-state index contributed by atoms with van der Waals surface area (Å²) in [5.41, 5.74) is 8.70. The predicted octanol–water partition coefficient (Wildman–Crippen LogP) is 3.59. The molecular formula is C13H10Br2N4. The lowest BCUT2D eigenvalue weighted by atomic mass is 10.2. The summed E-state index contributed by atoms with van der Waals surface area (Å²) in [5.74, 6) is 0.469. The van der Waals surface area contributed by atoms with Crippen LogP contribution < -0.4 is 5.73 Å². The lowest BCUT2D eigenvalue weighted by Crippen LogP contribution is -2.05. The first-order valence-corrected chi connectivity index (χ1v) is 7.24. The molecular weight excluding hydrogens is 372 g/mol. The molecule has 2 N–H and O–H groups in total. The number of aromatic nitrogens is 3. The van der Waals surface area contributed by atoms with Crippen molar-refractivity contribution in [1.29, 1.82) is 0 Å². The number of pyridine rings is 1. The number of nitrogen functional groups attached to an aromatic ring is 1. The molecule has 4 nitrogen and oxygen atoms in total. The van der Waals surface area contributed by atoms with Crippen molar-refractivity contribution in [1.82, 2.24) is 14.5 Å². The summed E-state index contributed by atoms with van der Waals surface area (Å²) in [5, 5.41) is 0. The van der Waals surface area contributed by atoms with Crippen LogP contribution in [0.3, 0.4) is 0 Å². The van der Waals surface area contributed by atoms with Gasteiger partial charge in [0.15, 0.2) is 5.65 Å². The summed E-state index contributed by atoms with van der Waals surface area (Å²) in [6, 6.07) is 9.95. The molecule has 0 spiro atoms. The van der Waals surface area contributed by atoms with Gasteiger partial charge in [0.25, 0.3) is 0 Å². The van der Waals surface area contributed by atoms with E-state index in [-0.39, 0.29) is 0 Å². The normalized spacial score (nSPS) is 11.1. The number of nitrogens with zero attached hydrogens (tertiary/aromatic N) is 3. The highest BCUT2D eigenvalue weighted by Crippen LogP contribution is 2.23. The fourth-order valence-corrected chi connectivity index (χ4v) is 2.69. The van der Waals surface area contributed by atoms with Crippen LogP contribution in [0.4, 0.5) is 5.95 Å². The Hall–Kier alpha value is -1.40. The smallest absolute Gasteiger partial charge is 0.202 e. The van der Waals surface area contributed by atoms with E-state index in [0.717, 1.165) is 25.7 Å². The standard InChI is InChI=1S/C13H10Br2N4/c14-9-5-11-12(17-6-9)19(13(16)18-11)7-8-3-1-2-4-10(8)15/h1-6H,7H2,(H2,16,18). The molecule has 0 unspecified atom stereocenters. The van der Waals surface area contributed by atoms with Gasteiger partial charge in [-0.1, -0.05) is 34.1 Å². The van der Waals surface area contributed by atoms with Gasteiger partial charge in [0.05, 0.1) is 6.54 Å². The molecule has 0 saturated carbocycles. The third kappa shape index (κ3) is 2.37. The monoisotopic (exact) mass is 380 g/mol. The molecule has 0 bridgehead atoms. The van der Waals surface area contributed by atoms with E-state index in [2.05, 4.69) is 41.8 Å². The Morgan fingerprint density at radius 1 is 1.21 bits per heavy atom. The van der Waals surface area contributed by atoms with E-state index in [0.29, 0.717) is 12.5 Å². The molecule has 0 atom stereocenters. The number of rotatable bonds is 2. The number of halogens is 2. The second-order valence-electron chi connectivity index (χ2n) is 4.14. The van der Waals surface area contributed by atoms with Crippen molar-refractivity contribution in [3.63, 3.8) is 0 Å². The van der Waals surface area contributed by atoms with Gasteiger partial charge in [-0.2, -0.15) is 0 Å². The zero-order valence-electron chi connectivity index (χ0n) is 9.85. The zero-order chi connectivity index (χ0) is 13.4. The number of hydrogen-bond acceptors (Lipinski definition) is 3. The third-order valence-corrected chi connectivity index (χ3v) is 4.07. The molecule has 0 aliphatic rings. The largest absolute Gasteiger partial charge is 0.369 e. The molecule has 2 heterocycles. The fourth-order valence-electron chi connectivity index (χ4n) is 1.96. The fraction of sp³-hybridized carbons (Fsp3) is 0.0769. The van der Waals surface area contributed by atoms with Crippen LogP contribution in [0.2, 0.25) is 0 Å². The van der Waals surface area contributed by atoms with Crippen molar-refractivity contribution in [2.24, 2.45) is 0 Å². The highest BCUT2D eigenvalue weighted by Gasteiger charge is 2.11. The van der Waals surface area contributed by atoms with E-state index in [1.807, 2.05) is 34.9 Å². The number of nitrogens with two attached hydrogens (primary N) is 1. The number of benzene rings is 1. The molecule has 6 heteroatoms. The third-order valence-electron chi connectivity index (χ3n) is 2.87. The van der Waals surface area contributed by atoms with E-state index in [1.165, 1.54) is 0 Å². The van der Waals surface area contributed by atoms with Crippen LogP contribution >= 0.6 is 31.9 Å². The van der Waals surface area contributed by atoms with Crippen molar-refractivity contribution < 1.29 is 0 Å². The molecule has 0 aliphatic heterocycles. The minimum absolute atomic E-state index is 0.469. The first kappa shape index (κ1) is 12.6. The van der Waals surface area contributed by atoms with Gasteiger partial charge in [0.2, 0.25) is 5.95 Å². The molecule has 0 fully saturated rings. The minimum Gasteiger partial charge on any atom is -0.369 e. The molecule has 19 heavy (non-hydrogen) atoms. The summed E-state index contributed by atoms with van der Waals surface area (Å²) in [4.78, 5) is 8.72. The van der Waals surface area contributed by atoms with Crippen molar-refractivity contribution >= 4 is 49.0 Å². The van der Waals surface area contributed by atoms with E-state index < -0.39 is 0 Å². The highest BCUT2D eigenvalue weighted by atomic mass is 79.9. The van der Waals surface area contributed by atoms with Gasteiger partial charge in [-0.05, 0) is 33.6 Å². The molecule has 0 amide bonds. The van der Waals surface area contributed by atoms with Crippen molar-refractivity contribution in [2.45, 2.75) is 6.54 Å². The highest BCUT2D eigenvalue weighted by molar-refractivity contribution is 9.10. The van der Waals surface area contributed by atoms with Crippen LogP contribution in [0.25, 0.3) is 11.2 Å².